The van der Waals surface area contributed by atoms with Gasteiger partial charge >= 0.3 is 6.09 Å². The summed E-state index contributed by atoms with van der Waals surface area (Å²) in [5.74, 6) is -1.54. The van der Waals surface area contributed by atoms with Gasteiger partial charge in [0, 0.05) is 28.1 Å². The highest BCUT2D eigenvalue weighted by atomic mass is 32.2. The van der Waals surface area contributed by atoms with E-state index >= 15 is 0 Å². The molecular formula is C46H77N5O11S. The summed E-state index contributed by atoms with van der Waals surface area (Å²) in [7, 11) is -0.981. The lowest BCUT2D eigenvalue weighted by molar-refractivity contribution is -0.142. The lowest BCUT2D eigenvalue weighted by Gasteiger charge is -2.33. The van der Waals surface area contributed by atoms with E-state index in [1.165, 1.54) is 12.0 Å². The summed E-state index contributed by atoms with van der Waals surface area (Å²) in [5.41, 5.74) is -1.55. The molecule has 5 aliphatic rings. The Morgan fingerprint density at radius 3 is 2.30 bits per heavy atom. The fourth-order valence-corrected chi connectivity index (χ4v) is 10.0. The molecule has 2 saturated carbocycles. The summed E-state index contributed by atoms with van der Waals surface area (Å²) in [6.07, 6.45) is 5.33. The van der Waals surface area contributed by atoms with Gasteiger partial charge in [-0.05, 0) is 80.4 Å². The van der Waals surface area contributed by atoms with E-state index in [0.29, 0.717) is 43.2 Å². The van der Waals surface area contributed by atoms with E-state index in [9.17, 15) is 27.6 Å². The molecule has 7 rings (SSSR count). The van der Waals surface area contributed by atoms with Crippen molar-refractivity contribution >= 4 is 44.6 Å². The second kappa shape index (κ2) is 22.3. The quantitative estimate of drug-likeness (QED) is 0.203. The fourth-order valence-electron chi connectivity index (χ4n) is 8.34. The molecule has 0 bridgehead atoms. The maximum atomic E-state index is 14.8. The lowest BCUT2D eigenvalue weighted by Crippen LogP contribution is -2.59. The Labute approximate surface area is 378 Å². The Kier molecular flexibility index (Phi) is 18.1. The van der Waals surface area contributed by atoms with Crippen molar-refractivity contribution in [3.8, 4) is 17.5 Å². The molecule has 2 aromatic rings. The number of ether oxygens (including phenoxy) is 5. The predicted octanol–water partition coefficient (Wildman–Crippen LogP) is 7.19. The van der Waals surface area contributed by atoms with Crippen LogP contribution in [0.4, 0.5) is 4.79 Å². The number of pyridine rings is 1. The number of aromatic nitrogens is 1. The maximum absolute atomic E-state index is 14.8. The topological polar surface area (TPSA) is 201 Å². The minimum absolute atomic E-state index is 0. The monoisotopic (exact) mass is 908 g/mol. The Morgan fingerprint density at radius 2 is 1.70 bits per heavy atom. The standard InChI is InChI=1S/C40H53N5O11S.3C2H6.3H2/c1-6-39(13-14-39)57(50,51)44-37(48)40-19-26(40)10-8-7-9-23(2)15-24(3)33(42-38(49)56-29-21-54-22-29)36(47)45-20-28(18-31(45)34(46)43-40)55-35-30-12-11-27(52-4)16-25(30)17-32(41-35)53-5;3*1-2;;;/h8,10-12,16-17,23-24,26,28-29,31,33H,6-7,9,13-15,18-22H2,1-5H3,(H,42,49)(H,43,46)(H,44,48);3*1-2H3;3*1H/b10-8-;;;;;;/t23-,24-,26-,28-,31+,33+,40-;;;;;;/m1....../s1. The number of nitrogens with zero attached hydrogens (tertiary/aromatic N) is 2. The SMILES string of the molecule is CC.CC.CC.CCC1(S(=O)(=O)NC(=O)[C@@]23C[C@H]2/C=C\CC[C@@H](C)C[C@@H](C)[C@H](NC(=O)OC2COC2)C(=O)N2C[C@H](Oc4nc(OC)cc5cc(OC)ccc45)C[C@H]2C(=O)N3)CC1.[HH].[HH].[HH]. The number of hydrogen-bond acceptors (Lipinski definition) is 12. The van der Waals surface area contributed by atoms with Gasteiger partial charge in [0.15, 0.2) is 6.10 Å². The lowest BCUT2D eigenvalue weighted by atomic mass is 9.88. The molecule has 17 heteroatoms. The molecule has 63 heavy (non-hydrogen) atoms. The Bertz CT molecular complexity index is 2050. The van der Waals surface area contributed by atoms with E-state index in [0.717, 1.165) is 11.8 Å². The number of rotatable bonds is 10. The van der Waals surface area contributed by atoms with Gasteiger partial charge in [0.1, 0.15) is 29.5 Å². The van der Waals surface area contributed by atoms with Gasteiger partial charge in [-0.15, -0.1) is 0 Å². The number of alkyl carbamates (subject to hydrolysis) is 1. The van der Waals surface area contributed by atoms with Crippen molar-refractivity contribution < 1.29 is 55.6 Å². The first-order valence-corrected chi connectivity index (χ1v) is 24.3. The van der Waals surface area contributed by atoms with E-state index < -0.39 is 74.3 Å². The minimum atomic E-state index is -4.02. The van der Waals surface area contributed by atoms with E-state index in [-0.39, 0.29) is 60.5 Å². The molecule has 1 aromatic carbocycles. The molecule has 0 spiro atoms. The number of nitrogens with one attached hydrogen (secondary N) is 3. The largest absolute Gasteiger partial charge is 0.497 e. The van der Waals surface area contributed by atoms with Crippen molar-refractivity contribution in [1.29, 1.82) is 0 Å². The van der Waals surface area contributed by atoms with Crippen LogP contribution >= 0.6 is 0 Å². The number of allylic oxidation sites excluding steroid dienone is 1. The second-order valence-corrected chi connectivity index (χ2v) is 18.4. The molecule has 358 valence electrons. The number of benzene rings is 1. The molecule has 0 radical (unpaired) electrons. The molecule has 2 aliphatic carbocycles. The van der Waals surface area contributed by atoms with Crippen molar-refractivity contribution in [2.75, 3.05) is 34.0 Å². The predicted molar refractivity (Wildman–Crippen MR) is 247 cm³/mol. The first-order valence-electron chi connectivity index (χ1n) is 22.8. The van der Waals surface area contributed by atoms with Crippen LogP contribution in [0.25, 0.3) is 10.8 Å². The average Bonchev–Trinajstić information content (AvgIpc) is 4.18. The molecule has 7 atom stereocenters. The average molecular weight is 908 g/mol. The first kappa shape index (κ1) is 51.0. The van der Waals surface area contributed by atoms with Crippen LogP contribution in [0.5, 0.6) is 17.5 Å². The van der Waals surface area contributed by atoms with E-state index in [4.69, 9.17) is 23.7 Å². The van der Waals surface area contributed by atoms with Gasteiger partial charge in [-0.25, -0.2) is 13.2 Å². The highest BCUT2D eigenvalue weighted by Gasteiger charge is 2.63. The first-order chi connectivity index (χ1) is 30.2. The van der Waals surface area contributed by atoms with Gasteiger partial charge < -0.3 is 39.2 Å². The summed E-state index contributed by atoms with van der Waals surface area (Å²) >= 11 is 0. The zero-order chi connectivity index (χ0) is 46.7. The van der Waals surface area contributed by atoms with E-state index in [1.54, 1.807) is 32.2 Å². The molecule has 4 fully saturated rings. The van der Waals surface area contributed by atoms with Crippen molar-refractivity contribution in [2.24, 2.45) is 17.8 Å². The Balaban J connectivity index is 0.00000233. The van der Waals surface area contributed by atoms with Crippen LogP contribution in [0.1, 0.15) is 118 Å². The second-order valence-electron chi connectivity index (χ2n) is 16.3. The van der Waals surface area contributed by atoms with E-state index in [2.05, 4.69) is 27.3 Å². The van der Waals surface area contributed by atoms with Crippen LogP contribution in [0.3, 0.4) is 0 Å². The summed E-state index contributed by atoms with van der Waals surface area (Å²) < 4.78 is 56.2. The zero-order valence-electron chi connectivity index (χ0n) is 39.1. The Morgan fingerprint density at radius 1 is 1.00 bits per heavy atom. The summed E-state index contributed by atoms with van der Waals surface area (Å²) in [4.78, 5) is 62.6. The number of carbonyl (C=O) groups excluding carboxylic acids is 4. The fraction of sp³-hybridized carbons (Fsp3) is 0.674. The molecule has 4 heterocycles. The van der Waals surface area contributed by atoms with Crippen LogP contribution in [0.15, 0.2) is 36.4 Å². The number of carbonyl (C=O) groups is 4. The van der Waals surface area contributed by atoms with Crippen molar-refractivity contribution in [1.82, 2.24) is 25.2 Å². The van der Waals surface area contributed by atoms with Gasteiger partial charge in [-0.3, -0.25) is 19.1 Å². The van der Waals surface area contributed by atoms with Crippen LogP contribution in [0, 0.1) is 17.8 Å². The molecule has 4 amide bonds. The normalized spacial score (nSPS) is 28.0. The highest BCUT2D eigenvalue weighted by molar-refractivity contribution is 7.91. The van der Waals surface area contributed by atoms with Crippen molar-refractivity contribution in [3.05, 3.63) is 36.4 Å². The number of sulfonamides is 1. The van der Waals surface area contributed by atoms with Gasteiger partial charge in [-0.1, -0.05) is 74.5 Å². The molecule has 3 N–H and O–H groups in total. The maximum Gasteiger partial charge on any atom is 0.408 e. The molecule has 1 aromatic heterocycles. The number of fused-ring (bicyclic) bond motifs is 3. The smallest absolute Gasteiger partial charge is 0.408 e. The third kappa shape index (κ3) is 11.6. The molecular weight excluding hydrogens is 831 g/mol. The van der Waals surface area contributed by atoms with Crippen LogP contribution in [-0.4, -0.2) is 111 Å². The third-order valence-corrected chi connectivity index (χ3v) is 14.6. The van der Waals surface area contributed by atoms with Crippen LogP contribution in [0.2, 0.25) is 0 Å². The summed E-state index contributed by atoms with van der Waals surface area (Å²) in [5, 5.41) is 7.09. The van der Waals surface area contributed by atoms with Crippen molar-refractivity contribution in [2.45, 2.75) is 148 Å². The van der Waals surface area contributed by atoms with Gasteiger partial charge in [0.25, 0.3) is 5.91 Å². The summed E-state index contributed by atoms with van der Waals surface area (Å²) in [6.45, 7) is 18.2. The summed E-state index contributed by atoms with van der Waals surface area (Å²) in [6, 6.07) is 4.88. The number of methoxy groups -OCH3 is 2. The van der Waals surface area contributed by atoms with Crippen molar-refractivity contribution in [3.63, 3.8) is 0 Å². The van der Waals surface area contributed by atoms with Crippen LogP contribution in [-0.2, 0) is 33.9 Å². The molecule has 2 saturated heterocycles. The van der Waals surface area contributed by atoms with Crippen LogP contribution < -0.4 is 29.6 Å². The molecule has 0 unspecified atom stereocenters. The molecule has 3 aliphatic heterocycles. The van der Waals surface area contributed by atoms with Gasteiger partial charge in [-0.2, -0.15) is 4.98 Å². The Hall–Kier alpha value is -4.64. The highest BCUT2D eigenvalue weighted by Crippen LogP contribution is 2.49. The van der Waals surface area contributed by atoms with E-state index in [1.807, 2.05) is 66.7 Å². The van der Waals surface area contributed by atoms with Gasteiger partial charge in [0.2, 0.25) is 33.6 Å². The zero-order valence-corrected chi connectivity index (χ0v) is 39.9. The third-order valence-electron chi connectivity index (χ3n) is 12.3. The number of amides is 4. The minimum Gasteiger partial charge on any atom is -0.497 e. The number of hydrogen-bond donors (Lipinski definition) is 3. The van der Waals surface area contributed by atoms with Gasteiger partial charge in [0.05, 0.1) is 38.7 Å². The molecule has 16 nitrogen and oxygen atoms in total.